The molecule has 2 aliphatic carbocycles. The minimum atomic E-state index is -0.590. The summed E-state index contributed by atoms with van der Waals surface area (Å²) in [4.78, 5) is 47.3. The Balaban J connectivity index is 0.000000231. The molecule has 4 heterocycles. The van der Waals surface area contributed by atoms with E-state index in [0.717, 1.165) is 122 Å². The molecule has 478 valence electrons. The van der Waals surface area contributed by atoms with E-state index in [9.17, 15) is 18.8 Å². The Labute approximate surface area is 537 Å². The number of aromatic nitrogens is 6. The molecule has 2 saturated carbocycles. The molecule has 4 atom stereocenters. The van der Waals surface area contributed by atoms with E-state index >= 15 is 0 Å². The number of halogens is 2. The topological polar surface area (TPSA) is 237 Å². The fraction of sp³-hybridized carbons (Fsp3) is 0.418. The average molecular weight is 1350 g/mol. The lowest BCUT2D eigenvalue weighted by molar-refractivity contribution is 0.0473. The van der Waals surface area contributed by atoms with Gasteiger partial charge >= 0.3 is 12.2 Å². The van der Waals surface area contributed by atoms with E-state index in [2.05, 4.69) is 63.5 Å². The predicted molar refractivity (Wildman–Crippen MR) is 352 cm³/mol. The quantitative estimate of drug-likeness (QED) is 0.0473. The van der Waals surface area contributed by atoms with Gasteiger partial charge in [-0.3, -0.25) is 14.2 Å². The fourth-order valence-corrected chi connectivity index (χ4v) is 12.2. The van der Waals surface area contributed by atoms with Crippen LogP contribution >= 0.6 is 22.6 Å². The third kappa shape index (κ3) is 16.6. The summed E-state index contributed by atoms with van der Waals surface area (Å²) in [6.45, 7) is 12.4. The number of benzene rings is 4. The number of carbonyl (C=O) groups excluding carboxylic acids is 3. The molecule has 21 nitrogen and oxygen atoms in total. The molecule has 23 heteroatoms. The van der Waals surface area contributed by atoms with Crippen molar-refractivity contribution >= 4 is 74.1 Å². The Kier molecular flexibility index (Phi) is 21.5. The molecule has 10 rings (SSSR count). The number of hydrogen-bond donors (Lipinski definition) is 5. The SMILES string of the molecule is COc1ccc(CNc2nccc3c2c(-c2ccc(CNC(=O)c4cc(F)ccc4OC)cc2)nn3[C@@H]2CCC[C@@H](NC(=O)OC(C)(C)C)C2)c(OC)c1.COc1ccc(CNc2nccc3c2c(I)nn3[C@@H]2CCC[C@@H](NC(=O)OC(C)(C)C)C2)c(OC)c1. The van der Waals surface area contributed by atoms with Crippen molar-refractivity contribution in [2.24, 2.45) is 0 Å². The number of amides is 3. The van der Waals surface area contributed by atoms with Gasteiger partial charge in [0.05, 0.1) is 75.0 Å². The van der Waals surface area contributed by atoms with E-state index in [1.165, 1.54) is 19.2 Å². The second-order valence-electron chi connectivity index (χ2n) is 24.2. The Morgan fingerprint density at radius 2 is 1.08 bits per heavy atom. The number of nitrogens with zero attached hydrogens (tertiary/aromatic N) is 6. The Hall–Kier alpha value is -8.61. The van der Waals surface area contributed by atoms with E-state index in [-0.39, 0.29) is 42.4 Å². The number of methoxy groups -OCH3 is 5. The molecule has 2 fully saturated rings. The number of pyridine rings is 2. The molecular formula is C67H81FIN11O10. The van der Waals surface area contributed by atoms with E-state index in [4.69, 9.17) is 48.3 Å². The van der Waals surface area contributed by atoms with Crippen molar-refractivity contribution in [3.63, 3.8) is 0 Å². The van der Waals surface area contributed by atoms with Gasteiger partial charge in [-0.05, 0) is 176 Å². The van der Waals surface area contributed by atoms with Gasteiger partial charge in [0.2, 0.25) is 0 Å². The molecule has 0 aliphatic heterocycles. The van der Waals surface area contributed by atoms with Gasteiger partial charge in [0.1, 0.15) is 66.8 Å². The first kappa shape index (κ1) is 65.8. The summed E-state index contributed by atoms with van der Waals surface area (Å²) < 4.78 is 57.1. The number of nitrogens with one attached hydrogen (secondary N) is 5. The van der Waals surface area contributed by atoms with Crippen molar-refractivity contribution in [3.8, 4) is 40.0 Å². The predicted octanol–water partition coefficient (Wildman–Crippen LogP) is 13.5. The molecule has 3 amide bonds. The van der Waals surface area contributed by atoms with Gasteiger partial charge in [-0.15, -0.1) is 0 Å². The molecule has 5 N–H and O–H groups in total. The first-order valence-electron chi connectivity index (χ1n) is 30.1. The highest BCUT2D eigenvalue weighted by molar-refractivity contribution is 14.1. The van der Waals surface area contributed by atoms with Gasteiger partial charge in [0.25, 0.3) is 5.91 Å². The molecule has 0 unspecified atom stereocenters. The zero-order valence-corrected chi connectivity index (χ0v) is 55.1. The van der Waals surface area contributed by atoms with Crippen LogP contribution in [-0.2, 0) is 29.1 Å². The van der Waals surface area contributed by atoms with Crippen molar-refractivity contribution in [1.29, 1.82) is 0 Å². The normalized spacial score (nSPS) is 16.6. The smallest absolute Gasteiger partial charge is 0.407 e. The monoisotopic (exact) mass is 1350 g/mol. The Bertz CT molecular complexity index is 3810. The van der Waals surface area contributed by atoms with Crippen LogP contribution in [0.15, 0.2) is 103 Å². The average Bonchev–Trinajstić information content (AvgIpc) is 1.63. The molecule has 0 radical (unpaired) electrons. The Morgan fingerprint density at radius 3 is 1.58 bits per heavy atom. The van der Waals surface area contributed by atoms with Crippen molar-refractivity contribution in [2.75, 3.05) is 46.2 Å². The van der Waals surface area contributed by atoms with E-state index in [1.54, 1.807) is 34.6 Å². The Morgan fingerprint density at radius 1 is 0.578 bits per heavy atom. The van der Waals surface area contributed by atoms with Crippen LogP contribution in [0.1, 0.15) is 132 Å². The van der Waals surface area contributed by atoms with Crippen LogP contribution in [-0.4, -0.2) is 106 Å². The third-order valence-corrected chi connectivity index (χ3v) is 16.3. The van der Waals surface area contributed by atoms with Gasteiger partial charge in [-0.2, -0.15) is 10.2 Å². The summed E-state index contributed by atoms with van der Waals surface area (Å²) in [5.74, 6) is 3.65. The number of fused-ring (bicyclic) bond motifs is 2. The lowest BCUT2D eigenvalue weighted by Gasteiger charge is -2.31. The lowest BCUT2D eigenvalue weighted by atomic mass is 9.91. The molecule has 90 heavy (non-hydrogen) atoms. The standard InChI is InChI=1S/C41H47FN6O6.C26H34IN5O4/c1-41(2,3)54-40(50)46-29-8-7-9-30(21-29)48-33-18-19-43-38(44-24-27-14-16-31(51-4)22-35(27)53-6)36(33)37(47-48)26-12-10-25(11-13-26)23-45-39(49)32-20-28(42)15-17-34(32)52-5;1-26(2,3)36-25(33)30-17-7-6-8-18(13-17)32-20-11-12-28-24(22(20)23(27)31-32)29-15-16-9-10-19(34-4)14-21(16)35-5/h10-20,22,29-30H,7-9,21,23-24H2,1-6H3,(H,43,44)(H,45,49)(H,46,50);9-12,14,17-18H,6-8,13,15H2,1-5H3,(H,28,29)(H,30,33)/t29-,30-;17-,18-/m11/s1. The second kappa shape index (κ2) is 29.4. The molecule has 0 spiro atoms. The fourth-order valence-electron chi connectivity index (χ4n) is 11.4. The van der Waals surface area contributed by atoms with Crippen LogP contribution < -0.4 is 50.3 Å². The molecular weight excluding hydrogens is 1260 g/mol. The largest absolute Gasteiger partial charge is 0.497 e. The zero-order chi connectivity index (χ0) is 64.3. The molecule has 0 bridgehead atoms. The summed E-state index contributed by atoms with van der Waals surface area (Å²) in [6.07, 6.45) is 9.91. The molecule has 2 aliphatic rings. The summed E-state index contributed by atoms with van der Waals surface area (Å²) >= 11 is 2.28. The summed E-state index contributed by atoms with van der Waals surface area (Å²) in [5.41, 5.74) is 5.33. The number of carbonyl (C=O) groups is 3. The maximum absolute atomic E-state index is 13.9. The highest BCUT2D eigenvalue weighted by atomic mass is 127. The minimum Gasteiger partial charge on any atom is -0.497 e. The maximum atomic E-state index is 13.9. The van der Waals surface area contributed by atoms with E-state index in [1.807, 2.05) is 121 Å². The maximum Gasteiger partial charge on any atom is 0.407 e. The number of anilines is 2. The highest BCUT2D eigenvalue weighted by Crippen LogP contribution is 2.40. The third-order valence-electron chi connectivity index (χ3n) is 15.6. The van der Waals surface area contributed by atoms with Gasteiger partial charge in [0, 0.05) is 72.9 Å². The van der Waals surface area contributed by atoms with Crippen molar-refractivity contribution in [3.05, 3.63) is 135 Å². The van der Waals surface area contributed by atoms with Crippen LogP contribution in [0.25, 0.3) is 33.1 Å². The highest BCUT2D eigenvalue weighted by Gasteiger charge is 2.32. The van der Waals surface area contributed by atoms with Gasteiger partial charge in [-0.25, -0.2) is 23.9 Å². The number of ether oxygens (including phenoxy) is 7. The second-order valence-corrected chi connectivity index (χ2v) is 25.3. The first-order chi connectivity index (χ1) is 43.1. The molecule has 0 saturated heterocycles. The van der Waals surface area contributed by atoms with Crippen LogP contribution in [0.2, 0.25) is 0 Å². The number of rotatable bonds is 19. The first-order valence-corrected chi connectivity index (χ1v) is 31.2. The van der Waals surface area contributed by atoms with Gasteiger partial charge in [-0.1, -0.05) is 24.3 Å². The van der Waals surface area contributed by atoms with Crippen molar-refractivity contribution < 1.29 is 51.9 Å². The molecule has 4 aromatic carbocycles. The van der Waals surface area contributed by atoms with Gasteiger partial charge < -0.3 is 59.7 Å². The van der Waals surface area contributed by atoms with Crippen molar-refractivity contribution in [2.45, 2.75) is 148 Å². The van der Waals surface area contributed by atoms with E-state index < -0.39 is 29.0 Å². The summed E-state index contributed by atoms with van der Waals surface area (Å²) in [7, 11) is 7.97. The molecule has 4 aromatic heterocycles. The van der Waals surface area contributed by atoms with Crippen LogP contribution in [0.3, 0.4) is 0 Å². The molecule has 8 aromatic rings. The zero-order valence-electron chi connectivity index (χ0n) is 52.9. The minimum absolute atomic E-state index is 0.0150. The van der Waals surface area contributed by atoms with Crippen LogP contribution in [0.4, 0.5) is 25.6 Å². The summed E-state index contributed by atoms with van der Waals surface area (Å²) in [5, 5.41) is 28.0. The van der Waals surface area contributed by atoms with E-state index in [0.29, 0.717) is 42.6 Å². The lowest BCUT2D eigenvalue weighted by Crippen LogP contribution is -2.41. The van der Waals surface area contributed by atoms with Crippen LogP contribution in [0, 0.1) is 9.52 Å². The van der Waals surface area contributed by atoms with Crippen molar-refractivity contribution in [1.82, 2.24) is 45.5 Å². The number of hydrogen-bond acceptors (Lipinski definition) is 16. The van der Waals surface area contributed by atoms with Gasteiger partial charge in [0.15, 0.2) is 0 Å². The summed E-state index contributed by atoms with van der Waals surface area (Å²) in [6, 6.07) is 27.3. The van der Waals surface area contributed by atoms with Crippen LogP contribution in [0.5, 0.6) is 28.7 Å². The number of alkyl carbamates (subject to hydrolysis) is 2.